The Hall–Kier alpha value is -1.55. The lowest BCUT2D eigenvalue weighted by Crippen LogP contribution is -2.10. The molecule has 0 saturated carbocycles. The Labute approximate surface area is 108 Å². The molecule has 0 radical (unpaired) electrons. The van der Waals surface area contributed by atoms with Crippen LogP contribution in [-0.2, 0) is 7.05 Å². The summed E-state index contributed by atoms with van der Waals surface area (Å²) in [6.07, 6.45) is 2.38. The quantitative estimate of drug-likeness (QED) is 0.768. The lowest BCUT2D eigenvalue weighted by atomic mass is 10.2. The van der Waals surface area contributed by atoms with Gasteiger partial charge in [-0.2, -0.15) is 0 Å². The molecule has 0 fully saturated rings. The van der Waals surface area contributed by atoms with Crippen LogP contribution >= 0.6 is 0 Å². The van der Waals surface area contributed by atoms with Crippen molar-refractivity contribution in [2.45, 2.75) is 19.8 Å². The molecule has 0 saturated heterocycles. The van der Waals surface area contributed by atoms with Gasteiger partial charge in [0, 0.05) is 19.3 Å². The van der Waals surface area contributed by atoms with E-state index in [2.05, 4.69) is 45.4 Å². The van der Waals surface area contributed by atoms with Crippen LogP contribution in [0.3, 0.4) is 0 Å². The Bertz CT molecular complexity index is 516. The molecule has 1 aromatic heterocycles. The summed E-state index contributed by atoms with van der Waals surface area (Å²) in [7, 11) is 4.04. The fourth-order valence-corrected chi connectivity index (χ4v) is 2.09. The molecular formula is C14H22N4. The predicted octanol–water partition coefficient (Wildman–Crippen LogP) is 2.29. The number of nitrogens with one attached hydrogen (secondary N) is 2. The van der Waals surface area contributed by atoms with E-state index in [1.807, 2.05) is 14.0 Å². The number of benzene rings is 1. The minimum Gasteiger partial charge on any atom is -0.385 e. The summed E-state index contributed by atoms with van der Waals surface area (Å²) < 4.78 is 2.12. The second-order valence-corrected chi connectivity index (χ2v) is 4.66. The molecule has 2 N–H and O–H groups in total. The van der Waals surface area contributed by atoms with Crippen molar-refractivity contribution in [3.05, 3.63) is 24.0 Å². The van der Waals surface area contributed by atoms with Gasteiger partial charge in [-0.25, -0.2) is 4.98 Å². The first-order valence-corrected chi connectivity index (χ1v) is 6.54. The molecule has 4 nitrogen and oxygen atoms in total. The van der Waals surface area contributed by atoms with Crippen molar-refractivity contribution in [1.82, 2.24) is 14.9 Å². The number of anilines is 1. The third-order valence-electron chi connectivity index (χ3n) is 3.29. The maximum Gasteiger partial charge on any atom is 0.106 e. The fraction of sp³-hybridized carbons (Fsp3) is 0.500. The smallest absolute Gasteiger partial charge is 0.106 e. The third-order valence-corrected chi connectivity index (χ3v) is 3.29. The van der Waals surface area contributed by atoms with Crippen molar-refractivity contribution < 1.29 is 0 Å². The van der Waals surface area contributed by atoms with Gasteiger partial charge >= 0.3 is 0 Å². The van der Waals surface area contributed by atoms with Gasteiger partial charge in [0.2, 0.25) is 0 Å². The Balaban J connectivity index is 1.98. The molecule has 4 heteroatoms. The minimum absolute atomic E-state index is 1.01. The lowest BCUT2D eigenvalue weighted by molar-refractivity contribution is 0.694. The first-order valence-electron chi connectivity index (χ1n) is 6.54. The van der Waals surface area contributed by atoms with Gasteiger partial charge in [0.05, 0.1) is 11.0 Å². The van der Waals surface area contributed by atoms with Crippen molar-refractivity contribution >= 4 is 16.7 Å². The molecule has 0 aliphatic carbocycles. The predicted molar refractivity (Wildman–Crippen MR) is 77.1 cm³/mol. The number of fused-ring (bicyclic) bond motifs is 1. The van der Waals surface area contributed by atoms with E-state index in [4.69, 9.17) is 0 Å². The van der Waals surface area contributed by atoms with Crippen LogP contribution in [0.15, 0.2) is 18.2 Å². The van der Waals surface area contributed by atoms with Crippen LogP contribution in [0.5, 0.6) is 0 Å². The molecule has 18 heavy (non-hydrogen) atoms. The Morgan fingerprint density at radius 1 is 1.22 bits per heavy atom. The maximum absolute atomic E-state index is 4.54. The zero-order valence-corrected chi connectivity index (χ0v) is 11.5. The van der Waals surface area contributed by atoms with Crippen molar-refractivity contribution in [1.29, 1.82) is 0 Å². The van der Waals surface area contributed by atoms with Crippen LogP contribution in [0.4, 0.5) is 5.69 Å². The molecule has 0 atom stereocenters. The third kappa shape index (κ3) is 2.82. The molecule has 2 aromatic rings. The van der Waals surface area contributed by atoms with Gasteiger partial charge in [-0.15, -0.1) is 0 Å². The summed E-state index contributed by atoms with van der Waals surface area (Å²) in [4.78, 5) is 4.54. The van der Waals surface area contributed by atoms with Crippen molar-refractivity contribution in [2.75, 3.05) is 25.5 Å². The van der Waals surface area contributed by atoms with Gasteiger partial charge in [-0.05, 0) is 51.6 Å². The van der Waals surface area contributed by atoms with Crippen LogP contribution in [0.2, 0.25) is 0 Å². The number of unbranched alkanes of at least 4 members (excludes halogenated alkanes) is 1. The topological polar surface area (TPSA) is 41.9 Å². The van der Waals surface area contributed by atoms with E-state index < -0.39 is 0 Å². The summed E-state index contributed by atoms with van der Waals surface area (Å²) >= 11 is 0. The molecule has 0 unspecified atom stereocenters. The summed E-state index contributed by atoms with van der Waals surface area (Å²) in [6.45, 7) is 4.13. The van der Waals surface area contributed by atoms with Crippen LogP contribution < -0.4 is 10.6 Å². The van der Waals surface area contributed by atoms with Gasteiger partial charge < -0.3 is 15.2 Å². The highest BCUT2D eigenvalue weighted by atomic mass is 15.0. The van der Waals surface area contributed by atoms with Crippen molar-refractivity contribution in [3.63, 3.8) is 0 Å². The number of hydrogen-bond donors (Lipinski definition) is 2. The standard InChI is InChI=1S/C14H22N4/c1-11-17-13-10-12(6-7-14(13)18(11)3)16-9-5-4-8-15-2/h6-7,10,15-16H,4-5,8-9H2,1-3H3. The summed E-state index contributed by atoms with van der Waals surface area (Å²) in [5.41, 5.74) is 3.41. The molecule has 0 amide bonds. The number of aromatic nitrogens is 2. The Morgan fingerprint density at radius 2 is 2.00 bits per heavy atom. The van der Waals surface area contributed by atoms with E-state index in [1.54, 1.807) is 0 Å². The second kappa shape index (κ2) is 5.87. The summed E-state index contributed by atoms with van der Waals surface area (Å²) in [5.74, 6) is 1.05. The van der Waals surface area contributed by atoms with E-state index in [-0.39, 0.29) is 0 Å². The van der Waals surface area contributed by atoms with Gasteiger partial charge in [0.25, 0.3) is 0 Å². The highest BCUT2D eigenvalue weighted by Crippen LogP contribution is 2.19. The normalized spacial score (nSPS) is 11.1. The van der Waals surface area contributed by atoms with E-state index in [9.17, 15) is 0 Å². The monoisotopic (exact) mass is 246 g/mol. The van der Waals surface area contributed by atoms with E-state index in [0.717, 1.165) is 30.1 Å². The summed E-state index contributed by atoms with van der Waals surface area (Å²) in [5, 5.41) is 6.61. The first-order chi connectivity index (χ1) is 8.72. The number of nitrogens with zero attached hydrogens (tertiary/aromatic N) is 2. The van der Waals surface area contributed by atoms with Crippen molar-refractivity contribution in [3.8, 4) is 0 Å². The molecule has 1 heterocycles. The van der Waals surface area contributed by atoms with Crippen LogP contribution in [0.25, 0.3) is 11.0 Å². The number of hydrogen-bond acceptors (Lipinski definition) is 3. The molecule has 0 aliphatic heterocycles. The minimum atomic E-state index is 1.01. The van der Waals surface area contributed by atoms with Gasteiger partial charge in [0.15, 0.2) is 0 Å². The lowest BCUT2D eigenvalue weighted by Gasteiger charge is -2.06. The highest BCUT2D eigenvalue weighted by Gasteiger charge is 2.04. The van der Waals surface area contributed by atoms with E-state index in [0.29, 0.717) is 0 Å². The second-order valence-electron chi connectivity index (χ2n) is 4.66. The maximum atomic E-state index is 4.54. The van der Waals surface area contributed by atoms with Crippen LogP contribution in [-0.4, -0.2) is 29.7 Å². The van der Waals surface area contributed by atoms with Gasteiger partial charge in [-0.3, -0.25) is 0 Å². The van der Waals surface area contributed by atoms with E-state index in [1.165, 1.54) is 18.4 Å². The zero-order valence-electron chi connectivity index (χ0n) is 11.5. The highest BCUT2D eigenvalue weighted by molar-refractivity contribution is 5.80. The number of aryl methyl sites for hydroxylation is 2. The average Bonchev–Trinajstić information content (AvgIpc) is 2.65. The molecule has 2 rings (SSSR count). The molecule has 0 aliphatic rings. The van der Waals surface area contributed by atoms with Gasteiger partial charge in [-0.1, -0.05) is 0 Å². The van der Waals surface area contributed by atoms with Gasteiger partial charge in [0.1, 0.15) is 5.82 Å². The zero-order chi connectivity index (χ0) is 13.0. The Morgan fingerprint density at radius 3 is 2.78 bits per heavy atom. The number of imidazole rings is 1. The molecule has 1 aromatic carbocycles. The summed E-state index contributed by atoms with van der Waals surface area (Å²) in [6, 6.07) is 6.38. The largest absolute Gasteiger partial charge is 0.385 e. The van der Waals surface area contributed by atoms with Crippen molar-refractivity contribution in [2.24, 2.45) is 7.05 Å². The molecular weight excluding hydrogens is 224 g/mol. The fourth-order valence-electron chi connectivity index (χ4n) is 2.09. The SMILES string of the molecule is CNCCCCNc1ccc2c(c1)nc(C)n2C. The average molecular weight is 246 g/mol. The van der Waals surface area contributed by atoms with Crippen LogP contribution in [0.1, 0.15) is 18.7 Å². The number of rotatable bonds is 6. The Kier molecular flexibility index (Phi) is 4.20. The molecule has 98 valence electrons. The first kappa shape index (κ1) is 12.9. The molecule has 0 bridgehead atoms. The van der Waals surface area contributed by atoms with E-state index >= 15 is 0 Å². The molecule has 0 spiro atoms. The van der Waals surface area contributed by atoms with Crippen LogP contribution in [0, 0.1) is 6.92 Å².